The quantitative estimate of drug-likeness (QED) is 0.812. The molecule has 1 N–H and O–H groups in total. The summed E-state index contributed by atoms with van der Waals surface area (Å²) in [5.41, 5.74) is 0.995. The third kappa shape index (κ3) is 2.93. The molecule has 0 bridgehead atoms. The van der Waals surface area contributed by atoms with Crippen molar-refractivity contribution in [2.45, 2.75) is 26.4 Å². The molecule has 0 spiro atoms. The molecule has 15 heavy (non-hydrogen) atoms. The zero-order valence-corrected chi connectivity index (χ0v) is 10.2. The van der Waals surface area contributed by atoms with Gasteiger partial charge in [0.25, 0.3) is 0 Å². The van der Waals surface area contributed by atoms with Crippen molar-refractivity contribution < 1.29 is 4.74 Å². The molecule has 0 fully saturated rings. The van der Waals surface area contributed by atoms with Crippen molar-refractivity contribution >= 4 is 11.6 Å². The van der Waals surface area contributed by atoms with E-state index >= 15 is 0 Å². The van der Waals surface area contributed by atoms with Crippen LogP contribution >= 0.6 is 11.6 Å². The Morgan fingerprint density at radius 2 is 2.33 bits per heavy atom. The minimum atomic E-state index is 0.0971. The van der Waals surface area contributed by atoms with Gasteiger partial charge in [-0.1, -0.05) is 11.6 Å². The standard InChI is InChI=1S/C10H18ClN3O/c1-4-14-10(8(11)6-13-14)9(12-3)7-15-5-2/h6,9,12H,4-5,7H2,1-3H3. The van der Waals surface area contributed by atoms with Crippen LogP contribution in [0.1, 0.15) is 25.6 Å². The van der Waals surface area contributed by atoms with Gasteiger partial charge in [0, 0.05) is 13.2 Å². The van der Waals surface area contributed by atoms with Crippen LogP contribution in [0.4, 0.5) is 0 Å². The van der Waals surface area contributed by atoms with Gasteiger partial charge in [-0.25, -0.2) is 0 Å². The summed E-state index contributed by atoms with van der Waals surface area (Å²) < 4.78 is 7.29. The molecule has 0 aromatic carbocycles. The minimum absolute atomic E-state index is 0.0971. The van der Waals surface area contributed by atoms with Crippen molar-refractivity contribution in [1.29, 1.82) is 0 Å². The first-order valence-corrected chi connectivity index (χ1v) is 5.58. The second-order valence-electron chi connectivity index (χ2n) is 3.19. The Balaban J connectivity index is 2.84. The lowest BCUT2D eigenvalue weighted by molar-refractivity contribution is 0.123. The first kappa shape index (κ1) is 12.5. The molecular weight excluding hydrogens is 214 g/mol. The van der Waals surface area contributed by atoms with Crippen LogP contribution in [0.2, 0.25) is 5.02 Å². The monoisotopic (exact) mass is 231 g/mol. The molecule has 4 nitrogen and oxygen atoms in total. The number of halogens is 1. The van der Waals surface area contributed by atoms with Crippen LogP contribution in [-0.2, 0) is 11.3 Å². The first-order valence-electron chi connectivity index (χ1n) is 5.20. The summed E-state index contributed by atoms with van der Waals surface area (Å²) in [6, 6.07) is 0.0971. The number of hydrogen-bond donors (Lipinski definition) is 1. The van der Waals surface area contributed by atoms with Crippen LogP contribution < -0.4 is 5.32 Å². The number of rotatable bonds is 6. The molecule has 1 atom stereocenters. The first-order chi connectivity index (χ1) is 7.24. The number of aromatic nitrogens is 2. The minimum Gasteiger partial charge on any atom is -0.380 e. The summed E-state index contributed by atoms with van der Waals surface area (Å²) in [6.07, 6.45) is 1.68. The van der Waals surface area contributed by atoms with Crippen molar-refractivity contribution in [3.05, 3.63) is 16.9 Å². The van der Waals surface area contributed by atoms with Crippen LogP contribution in [0.5, 0.6) is 0 Å². The van der Waals surface area contributed by atoms with Gasteiger partial charge in [-0.15, -0.1) is 0 Å². The van der Waals surface area contributed by atoms with Crippen LogP contribution in [0.15, 0.2) is 6.20 Å². The molecule has 86 valence electrons. The van der Waals surface area contributed by atoms with E-state index in [2.05, 4.69) is 10.4 Å². The van der Waals surface area contributed by atoms with Crippen molar-refractivity contribution in [3.8, 4) is 0 Å². The highest BCUT2D eigenvalue weighted by atomic mass is 35.5. The van der Waals surface area contributed by atoms with Gasteiger partial charge in [-0.05, 0) is 20.9 Å². The van der Waals surface area contributed by atoms with Gasteiger partial charge in [0.2, 0.25) is 0 Å². The lowest BCUT2D eigenvalue weighted by atomic mass is 10.2. The van der Waals surface area contributed by atoms with E-state index in [0.29, 0.717) is 18.2 Å². The van der Waals surface area contributed by atoms with E-state index in [1.807, 2.05) is 25.6 Å². The Morgan fingerprint density at radius 3 is 2.87 bits per heavy atom. The molecule has 1 heterocycles. The maximum atomic E-state index is 6.10. The summed E-state index contributed by atoms with van der Waals surface area (Å²) in [6.45, 7) is 6.15. The van der Waals surface area contributed by atoms with Crippen LogP contribution in [0.3, 0.4) is 0 Å². The molecule has 0 amide bonds. The Kier molecular flexibility index (Phi) is 5.08. The van der Waals surface area contributed by atoms with Crippen LogP contribution in [0.25, 0.3) is 0 Å². The predicted octanol–water partition coefficient (Wildman–Crippen LogP) is 1.85. The maximum absolute atomic E-state index is 6.10. The molecule has 0 saturated carbocycles. The molecule has 1 rings (SSSR count). The fourth-order valence-corrected chi connectivity index (χ4v) is 1.78. The molecule has 0 aliphatic heterocycles. The van der Waals surface area contributed by atoms with Gasteiger partial charge in [-0.2, -0.15) is 5.10 Å². The number of aryl methyl sites for hydroxylation is 1. The molecule has 0 aliphatic rings. The molecule has 1 aromatic heterocycles. The molecule has 1 aromatic rings. The summed E-state index contributed by atoms with van der Waals surface area (Å²) >= 11 is 6.10. The third-order valence-corrected chi connectivity index (χ3v) is 2.59. The SMILES string of the molecule is CCOCC(NC)c1c(Cl)cnn1CC. The van der Waals surface area contributed by atoms with E-state index in [-0.39, 0.29) is 6.04 Å². The normalized spacial score (nSPS) is 13.1. The average Bonchev–Trinajstić information content (AvgIpc) is 2.62. The second kappa shape index (κ2) is 6.10. The van der Waals surface area contributed by atoms with Crippen molar-refractivity contribution in [2.24, 2.45) is 0 Å². The Bertz CT molecular complexity index is 301. The van der Waals surface area contributed by atoms with E-state index in [1.165, 1.54) is 0 Å². The van der Waals surface area contributed by atoms with E-state index < -0.39 is 0 Å². The summed E-state index contributed by atoms with van der Waals surface area (Å²) in [5, 5.41) is 8.08. The number of likely N-dealkylation sites (N-methyl/N-ethyl adjacent to an activating group) is 1. The highest BCUT2D eigenvalue weighted by Gasteiger charge is 2.18. The highest BCUT2D eigenvalue weighted by molar-refractivity contribution is 6.31. The van der Waals surface area contributed by atoms with Crippen molar-refractivity contribution in [3.63, 3.8) is 0 Å². The fourth-order valence-electron chi connectivity index (χ4n) is 1.51. The molecule has 0 aliphatic carbocycles. The van der Waals surface area contributed by atoms with Gasteiger partial charge >= 0.3 is 0 Å². The number of ether oxygens (including phenoxy) is 1. The Labute approximate surface area is 95.6 Å². The van der Waals surface area contributed by atoms with Crippen molar-refractivity contribution in [2.75, 3.05) is 20.3 Å². The number of nitrogens with zero attached hydrogens (tertiary/aromatic N) is 2. The van der Waals surface area contributed by atoms with Gasteiger partial charge < -0.3 is 10.1 Å². The summed E-state index contributed by atoms with van der Waals surface area (Å²) in [7, 11) is 1.90. The number of nitrogens with one attached hydrogen (secondary N) is 1. The van der Waals surface area contributed by atoms with E-state index in [1.54, 1.807) is 6.20 Å². The second-order valence-corrected chi connectivity index (χ2v) is 3.60. The zero-order valence-electron chi connectivity index (χ0n) is 9.46. The third-order valence-electron chi connectivity index (χ3n) is 2.30. The van der Waals surface area contributed by atoms with E-state index in [4.69, 9.17) is 16.3 Å². The molecule has 0 saturated heterocycles. The molecule has 0 radical (unpaired) electrons. The molecule has 1 unspecified atom stereocenters. The van der Waals surface area contributed by atoms with Gasteiger partial charge in [-0.3, -0.25) is 4.68 Å². The van der Waals surface area contributed by atoms with Crippen LogP contribution in [-0.4, -0.2) is 30.0 Å². The van der Waals surface area contributed by atoms with Crippen LogP contribution in [0, 0.1) is 0 Å². The Hall–Kier alpha value is -0.580. The van der Waals surface area contributed by atoms with E-state index in [9.17, 15) is 0 Å². The lowest BCUT2D eigenvalue weighted by Gasteiger charge is -2.17. The fraction of sp³-hybridized carbons (Fsp3) is 0.700. The Morgan fingerprint density at radius 1 is 1.60 bits per heavy atom. The highest BCUT2D eigenvalue weighted by Crippen LogP contribution is 2.22. The van der Waals surface area contributed by atoms with Gasteiger partial charge in [0.15, 0.2) is 0 Å². The summed E-state index contributed by atoms with van der Waals surface area (Å²) in [4.78, 5) is 0. The molecular formula is C10H18ClN3O. The van der Waals surface area contributed by atoms with Gasteiger partial charge in [0.1, 0.15) is 0 Å². The number of hydrogen-bond acceptors (Lipinski definition) is 3. The molecule has 5 heteroatoms. The maximum Gasteiger partial charge on any atom is 0.0835 e. The lowest BCUT2D eigenvalue weighted by Crippen LogP contribution is -2.25. The average molecular weight is 232 g/mol. The zero-order chi connectivity index (χ0) is 11.3. The topological polar surface area (TPSA) is 39.1 Å². The summed E-state index contributed by atoms with van der Waals surface area (Å²) in [5.74, 6) is 0. The predicted molar refractivity (Wildman–Crippen MR) is 61.2 cm³/mol. The smallest absolute Gasteiger partial charge is 0.0835 e. The van der Waals surface area contributed by atoms with E-state index in [0.717, 1.165) is 12.2 Å². The van der Waals surface area contributed by atoms with Crippen molar-refractivity contribution in [1.82, 2.24) is 15.1 Å². The largest absolute Gasteiger partial charge is 0.380 e. The van der Waals surface area contributed by atoms with Gasteiger partial charge in [0.05, 0.1) is 29.6 Å².